The second kappa shape index (κ2) is 5.84. The lowest BCUT2D eigenvalue weighted by Gasteiger charge is -2.06. The Hall–Kier alpha value is -3.32. The summed E-state index contributed by atoms with van der Waals surface area (Å²) in [6.45, 7) is 2.10. The Morgan fingerprint density at radius 2 is 1.39 bits per heavy atom. The van der Waals surface area contributed by atoms with E-state index in [9.17, 15) is 0 Å². The van der Waals surface area contributed by atoms with E-state index >= 15 is 0 Å². The smallest absolute Gasteiger partial charge is 0.135 e. The van der Waals surface area contributed by atoms with Gasteiger partial charge in [-0.3, -0.25) is 0 Å². The molecule has 0 amide bonds. The number of hydrogen-bond donors (Lipinski definition) is 0. The Kier molecular flexibility index (Phi) is 3.28. The lowest BCUT2D eigenvalue weighted by Crippen LogP contribution is -1.90. The van der Waals surface area contributed by atoms with Crippen molar-refractivity contribution in [1.29, 1.82) is 0 Å². The molecular weight excluding hydrogens is 340 g/mol. The summed E-state index contributed by atoms with van der Waals surface area (Å²) in [5.41, 5.74) is 11.5. The maximum Gasteiger partial charge on any atom is 0.135 e. The van der Waals surface area contributed by atoms with Gasteiger partial charge in [0.25, 0.3) is 0 Å². The first kappa shape index (κ1) is 15.7. The highest BCUT2D eigenvalue weighted by molar-refractivity contribution is 6.05. The molecule has 0 saturated heterocycles. The van der Waals surface area contributed by atoms with Crippen molar-refractivity contribution in [2.75, 3.05) is 0 Å². The first-order valence-corrected chi connectivity index (χ1v) is 9.86. The zero-order valence-corrected chi connectivity index (χ0v) is 15.8. The van der Waals surface area contributed by atoms with Gasteiger partial charge >= 0.3 is 0 Å². The molecule has 1 aliphatic rings. The van der Waals surface area contributed by atoms with Gasteiger partial charge in [0, 0.05) is 10.8 Å². The summed E-state index contributed by atoms with van der Waals surface area (Å²) in [5.74, 6) is 0. The normalized spacial score (nSPS) is 12.5. The molecule has 1 heteroatoms. The van der Waals surface area contributed by atoms with E-state index in [1.54, 1.807) is 0 Å². The summed E-state index contributed by atoms with van der Waals surface area (Å²) in [4.78, 5) is 0. The van der Waals surface area contributed by atoms with Crippen LogP contribution in [-0.4, -0.2) is 0 Å². The standard InChI is InChI=1S/C27H20O/c1-17-6-9-24-25-11-8-19(15-27(25)28-26(24)12-17)13-18-7-10-23-21(14-18)16-20-4-2-3-5-22(20)23/h2-12,14-15H,13,16H2,1H3. The largest absolute Gasteiger partial charge is 0.456 e. The molecule has 0 atom stereocenters. The summed E-state index contributed by atoms with van der Waals surface area (Å²) in [6.07, 6.45) is 1.97. The molecule has 4 aromatic carbocycles. The Morgan fingerprint density at radius 1 is 0.679 bits per heavy atom. The molecule has 1 aromatic heterocycles. The highest BCUT2D eigenvalue weighted by Crippen LogP contribution is 2.37. The third kappa shape index (κ3) is 2.40. The number of furan rings is 1. The fourth-order valence-electron chi connectivity index (χ4n) is 4.58. The molecule has 0 N–H and O–H groups in total. The molecule has 1 nitrogen and oxygen atoms in total. The van der Waals surface area contributed by atoms with Crippen molar-refractivity contribution in [1.82, 2.24) is 0 Å². The van der Waals surface area contributed by atoms with Gasteiger partial charge in [0.05, 0.1) is 0 Å². The van der Waals surface area contributed by atoms with Crippen molar-refractivity contribution in [2.24, 2.45) is 0 Å². The molecule has 28 heavy (non-hydrogen) atoms. The van der Waals surface area contributed by atoms with Gasteiger partial charge in [-0.2, -0.15) is 0 Å². The third-order valence-corrected chi connectivity index (χ3v) is 5.96. The van der Waals surface area contributed by atoms with E-state index < -0.39 is 0 Å². The Labute approximate surface area is 164 Å². The van der Waals surface area contributed by atoms with Crippen molar-refractivity contribution in [3.63, 3.8) is 0 Å². The SMILES string of the molecule is Cc1ccc2c(c1)oc1cc(Cc3ccc4c(c3)Cc3ccccc3-4)ccc12. The number of hydrogen-bond acceptors (Lipinski definition) is 1. The van der Waals surface area contributed by atoms with E-state index in [1.807, 2.05) is 0 Å². The van der Waals surface area contributed by atoms with Gasteiger partial charge in [-0.1, -0.05) is 66.7 Å². The number of benzene rings is 4. The molecule has 5 aromatic rings. The fraction of sp³-hybridized carbons (Fsp3) is 0.111. The summed E-state index contributed by atoms with van der Waals surface area (Å²) in [6, 6.07) is 28.7. The summed E-state index contributed by atoms with van der Waals surface area (Å²) < 4.78 is 6.13. The highest BCUT2D eigenvalue weighted by atomic mass is 16.3. The Balaban J connectivity index is 1.36. The van der Waals surface area contributed by atoms with Crippen LogP contribution in [0.15, 0.2) is 83.3 Å². The molecule has 0 fully saturated rings. The van der Waals surface area contributed by atoms with E-state index in [0.29, 0.717) is 0 Å². The molecule has 0 saturated carbocycles. The van der Waals surface area contributed by atoms with Crippen LogP contribution >= 0.6 is 0 Å². The number of fused-ring (bicyclic) bond motifs is 6. The highest BCUT2D eigenvalue weighted by Gasteiger charge is 2.18. The summed E-state index contributed by atoms with van der Waals surface area (Å²) in [7, 11) is 0. The second-order valence-corrected chi connectivity index (χ2v) is 7.93. The minimum Gasteiger partial charge on any atom is -0.456 e. The number of aryl methyl sites for hydroxylation is 1. The van der Waals surface area contributed by atoms with Crippen molar-refractivity contribution < 1.29 is 4.42 Å². The Morgan fingerprint density at radius 3 is 2.32 bits per heavy atom. The lowest BCUT2D eigenvalue weighted by atomic mass is 9.98. The van der Waals surface area contributed by atoms with E-state index in [1.165, 1.54) is 49.7 Å². The maximum atomic E-state index is 6.13. The molecule has 0 spiro atoms. The zero-order chi connectivity index (χ0) is 18.7. The van der Waals surface area contributed by atoms with Gasteiger partial charge in [-0.25, -0.2) is 0 Å². The monoisotopic (exact) mass is 360 g/mol. The van der Waals surface area contributed by atoms with Crippen LogP contribution in [-0.2, 0) is 12.8 Å². The van der Waals surface area contributed by atoms with Crippen LogP contribution in [0.3, 0.4) is 0 Å². The van der Waals surface area contributed by atoms with E-state index in [-0.39, 0.29) is 0 Å². The van der Waals surface area contributed by atoms with Crippen molar-refractivity contribution in [3.05, 3.63) is 107 Å². The molecule has 0 aliphatic heterocycles. The van der Waals surface area contributed by atoms with Gasteiger partial charge in [-0.15, -0.1) is 0 Å². The molecule has 6 rings (SSSR count). The molecule has 0 radical (unpaired) electrons. The van der Waals surface area contributed by atoms with Gasteiger partial charge in [0.2, 0.25) is 0 Å². The molecule has 0 unspecified atom stereocenters. The average Bonchev–Trinajstić information content (AvgIpc) is 3.24. The molecular formula is C27H20O. The van der Waals surface area contributed by atoms with Crippen LogP contribution in [0, 0.1) is 6.92 Å². The molecule has 1 heterocycles. The molecule has 1 aliphatic carbocycles. The van der Waals surface area contributed by atoms with E-state index in [0.717, 1.165) is 24.0 Å². The Bertz CT molecular complexity index is 1370. The topological polar surface area (TPSA) is 13.1 Å². The zero-order valence-electron chi connectivity index (χ0n) is 15.8. The van der Waals surface area contributed by atoms with Crippen LogP contribution < -0.4 is 0 Å². The van der Waals surface area contributed by atoms with Crippen LogP contribution in [0.5, 0.6) is 0 Å². The fourth-order valence-corrected chi connectivity index (χ4v) is 4.58. The molecule has 134 valence electrons. The van der Waals surface area contributed by atoms with Gasteiger partial charge < -0.3 is 4.42 Å². The minimum atomic E-state index is 0.926. The van der Waals surface area contributed by atoms with Crippen LogP contribution in [0.25, 0.3) is 33.1 Å². The predicted octanol–water partition coefficient (Wildman–Crippen LogP) is 7.06. The van der Waals surface area contributed by atoms with Gasteiger partial charge in [-0.05, 0) is 70.8 Å². The first-order valence-electron chi connectivity index (χ1n) is 9.86. The third-order valence-electron chi connectivity index (χ3n) is 5.96. The van der Waals surface area contributed by atoms with Crippen molar-refractivity contribution in [2.45, 2.75) is 19.8 Å². The first-order chi connectivity index (χ1) is 13.7. The quantitative estimate of drug-likeness (QED) is 0.322. The lowest BCUT2D eigenvalue weighted by molar-refractivity contribution is 0.668. The van der Waals surface area contributed by atoms with Crippen molar-refractivity contribution in [3.8, 4) is 11.1 Å². The predicted molar refractivity (Wildman–Crippen MR) is 116 cm³/mol. The summed E-state index contributed by atoms with van der Waals surface area (Å²) in [5, 5.41) is 2.39. The van der Waals surface area contributed by atoms with Crippen LogP contribution in [0.1, 0.15) is 27.8 Å². The van der Waals surface area contributed by atoms with Gasteiger partial charge in [0.15, 0.2) is 0 Å². The van der Waals surface area contributed by atoms with E-state index in [4.69, 9.17) is 4.42 Å². The minimum absolute atomic E-state index is 0.926. The number of rotatable bonds is 2. The maximum absolute atomic E-state index is 6.13. The molecule has 0 bridgehead atoms. The van der Waals surface area contributed by atoms with Crippen LogP contribution in [0.2, 0.25) is 0 Å². The van der Waals surface area contributed by atoms with E-state index in [2.05, 4.69) is 85.8 Å². The summed E-state index contributed by atoms with van der Waals surface area (Å²) >= 11 is 0. The van der Waals surface area contributed by atoms with Crippen LogP contribution in [0.4, 0.5) is 0 Å². The average molecular weight is 360 g/mol. The second-order valence-electron chi connectivity index (χ2n) is 7.93. The van der Waals surface area contributed by atoms with Crippen molar-refractivity contribution >= 4 is 21.9 Å². The van der Waals surface area contributed by atoms with Gasteiger partial charge in [0.1, 0.15) is 11.2 Å².